The zero-order valence-corrected chi connectivity index (χ0v) is 21.0. The Morgan fingerprint density at radius 1 is 1.10 bits per heavy atom. The Balaban J connectivity index is 1.74. The van der Waals surface area contributed by atoms with Crippen molar-refractivity contribution < 1.29 is 25.9 Å². The third kappa shape index (κ3) is 4.96. The second-order valence-electron chi connectivity index (χ2n) is 6.27. The second kappa shape index (κ2) is 8.15. The molecular weight excluding hydrogens is 580 g/mol. The summed E-state index contributed by atoms with van der Waals surface area (Å²) in [5, 5.41) is 0.389. The maximum Gasteiger partial charge on any atom is 0.283 e. The van der Waals surface area contributed by atoms with Gasteiger partial charge in [0.05, 0.1) is 24.4 Å². The monoisotopic (exact) mass is 590 g/mol. The molecule has 0 amide bonds. The summed E-state index contributed by atoms with van der Waals surface area (Å²) in [5.74, 6) is -1.30. The van der Waals surface area contributed by atoms with Crippen LogP contribution in [0, 0.1) is 0 Å². The van der Waals surface area contributed by atoms with Crippen LogP contribution in [0.25, 0.3) is 0 Å². The summed E-state index contributed by atoms with van der Waals surface area (Å²) in [6.07, 6.45) is 1.71. The van der Waals surface area contributed by atoms with E-state index in [2.05, 4.69) is 15.9 Å². The average Bonchev–Trinajstić information content (AvgIpc) is 3.19. The topological polar surface area (TPSA) is 115 Å². The van der Waals surface area contributed by atoms with Crippen molar-refractivity contribution in [2.24, 2.45) is 0 Å². The third-order valence-corrected chi connectivity index (χ3v) is 9.64. The molecule has 2 aliphatic rings. The van der Waals surface area contributed by atoms with Crippen molar-refractivity contribution in [2.45, 2.75) is 14.5 Å². The Bertz CT molecular complexity index is 1260. The minimum absolute atomic E-state index is 0.409. The van der Waals surface area contributed by atoms with Gasteiger partial charge in [-0.3, -0.25) is 9.11 Å². The molecule has 0 saturated carbocycles. The van der Waals surface area contributed by atoms with E-state index in [0.29, 0.717) is 21.4 Å². The molecule has 1 aromatic heterocycles. The maximum absolute atomic E-state index is 11.6. The van der Waals surface area contributed by atoms with Crippen LogP contribution < -0.4 is 9.80 Å². The highest BCUT2D eigenvalue weighted by molar-refractivity contribution is 9.11. The van der Waals surface area contributed by atoms with Gasteiger partial charge < -0.3 is 9.80 Å². The highest BCUT2D eigenvalue weighted by Gasteiger charge is 2.36. The fourth-order valence-electron chi connectivity index (χ4n) is 2.99. The number of halogens is 2. The van der Waals surface area contributed by atoms with E-state index >= 15 is 0 Å². The van der Waals surface area contributed by atoms with E-state index in [9.17, 15) is 25.9 Å². The van der Waals surface area contributed by atoms with E-state index in [-0.39, 0.29) is 0 Å². The number of benzene rings is 1. The fraction of sp³-hybridized carbons (Fsp3) is 0.200. The molecule has 0 spiro atoms. The van der Waals surface area contributed by atoms with Gasteiger partial charge in [0.15, 0.2) is 5.88 Å². The van der Waals surface area contributed by atoms with Crippen LogP contribution in [0.15, 0.2) is 48.3 Å². The second-order valence-corrected chi connectivity index (χ2v) is 14.4. The van der Waals surface area contributed by atoms with E-state index in [1.165, 1.54) is 44.7 Å². The van der Waals surface area contributed by atoms with Gasteiger partial charge in [-0.25, -0.2) is 0 Å². The summed E-state index contributed by atoms with van der Waals surface area (Å²) in [7, 11) is -8.66. The molecule has 0 fully saturated rings. The van der Waals surface area contributed by atoms with Gasteiger partial charge in [0.1, 0.15) is 11.3 Å². The predicted octanol–water partition coefficient (Wildman–Crippen LogP) is 4.55. The zero-order valence-electron chi connectivity index (χ0n) is 14.6. The van der Waals surface area contributed by atoms with Crippen molar-refractivity contribution in [3.8, 4) is 0 Å². The van der Waals surface area contributed by atoms with Gasteiger partial charge in [-0.1, -0.05) is 35.1 Å². The first kappa shape index (κ1) is 22.7. The largest absolute Gasteiger partial charge is 0.337 e. The molecular formula is C15H12BrClN2O6S5. The van der Waals surface area contributed by atoms with Crippen LogP contribution in [-0.2, 0) is 20.2 Å². The first-order chi connectivity index (χ1) is 13.9. The van der Waals surface area contributed by atoms with Crippen molar-refractivity contribution in [1.82, 2.24) is 0 Å². The summed E-state index contributed by atoms with van der Waals surface area (Å²) in [6.45, 7) is 0. The lowest BCUT2D eigenvalue weighted by atomic mass is 10.3. The smallest absolute Gasteiger partial charge is 0.283 e. The lowest BCUT2D eigenvalue weighted by molar-refractivity contribution is 0.480. The number of thiophene rings is 1. The summed E-state index contributed by atoms with van der Waals surface area (Å²) in [4.78, 5) is 3.68. The molecule has 162 valence electrons. The molecule has 1 unspecified atom stereocenters. The Kier molecular flexibility index (Phi) is 6.18. The van der Waals surface area contributed by atoms with Crippen molar-refractivity contribution in [2.75, 3.05) is 21.6 Å². The van der Waals surface area contributed by atoms with Gasteiger partial charge in [-0.2, -0.15) is 16.8 Å². The third-order valence-electron chi connectivity index (χ3n) is 4.07. The molecule has 8 nitrogen and oxygen atoms in total. The average molecular weight is 592 g/mol. The van der Waals surface area contributed by atoms with Crippen molar-refractivity contribution in [1.29, 1.82) is 0 Å². The summed E-state index contributed by atoms with van der Waals surface area (Å²) < 4.78 is 66.9. The van der Waals surface area contributed by atoms with Crippen LogP contribution >= 0.6 is 62.4 Å². The highest BCUT2D eigenvalue weighted by atomic mass is 79.9. The molecule has 30 heavy (non-hydrogen) atoms. The number of anilines is 2. The van der Waals surface area contributed by atoms with Crippen LogP contribution in [0.3, 0.4) is 0 Å². The van der Waals surface area contributed by atoms with Gasteiger partial charge in [-0.05, 0) is 46.3 Å². The van der Waals surface area contributed by atoms with Crippen LogP contribution in [0.1, 0.15) is 0 Å². The molecule has 1 aromatic carbocycles. The first-order valence-corrected chi connectivity index (χ1v) is 14.9. The molecule has 4 rings (SSSR count). The van der Waals surface area contributed by atoms with Gasteiger partial charge in [0, 0.05) is 9.92 Å². The zero-order chi connectivity index (χ0) is 21.8. The Morgan fingerprint density at radius 2 is 1.80 bits per heavy atom. The SMILES string of the molecule is O=S(=O)(O)CN1C(=CC2Sc3sc(Br)cc3N2CS(=O)(=O)O)Sc2ccc(Cl)cc21. The minimum Gasteiger partial charge on any atom is -0.337 e. The van der Waals surface area contributed by atoms with E-state index in [1.54, 1.807) is 30.3 Å². The minimum atomic E-state index is -4.35. The predicted molar refractivity (Wildman–Crippen MR) is 125 cm³/mol. The standard InChI is InChI=1S/C15H12BrClN2O6S5/c16-12-4-10-15(27-12)28-14(19(10)7-30(23,24)25)5-13-18(6-29(20,21)22)9-3-8(17)1-2-11(9)26-13/h1-5,14H,6-7H2,(H,20,21,22)(H,23,24,25). The van der Waals surface area contributed by atoms with Crippen molar-refractivity contribution in [3.05, 3.63) is 44.2 Å². The summed E-state index contributed by atoms with van der Waals surface area (Å²) >= 11 is 13.5. The quantitative estimate of drug-likeness (QED) is 0.480. The van der Waals surface area contributed by atoms with Crippen molar-refractivity contribution in [3.63, 3.8) is 0 Å². The van der Waals surface area contributed by atoms with E-state index in [4.69, 9.17) is 11.6 Å². The molecule has 1 atom stereocenters. The van der Waals surface area contributed by atoms with Gasteiger partial charge in [-0.15, -0.1) is 11.3 Å². The number of nitrogens with zero attached hydrogens (tertiary/aromatic N) is 2. The number of fused-ring (bicyclic) bond motifs is 2. The fourth-order valence-corrected chi connectivity index (χ4v) is 9.22. The first-order valence-electron chi connectivity index (χ1n) is 7.99. The Labute approximate surface area is 198 Å². The van der Waals surface area contributed by atoms with Gasteiger partial charge >= 0.3 is 0 Å². The van der Waals surface area contributed by atoms with Crippen LogP contribution in [0.4, 0.5) is 11.4 Å². The number of hydrogen-bond acceptors (Lipinski definition) is 9. The maximum atomic E-state index is 11.6. The van der Waals surface area contributed by atoms with E-state index in [0.717, 1.165) is 12.9 Å². The summed E-state index contributed by atoms with van der Waals surface area (Å²) in [6, 6.07) is 6.78. The van der Waals surface area contributed by atoms with Gasteiger partial charge in [0.2, 0.25) is 0 Å². The molecule has 0 saturated heterocycles. The molecule has 0 radical (unpaired) electrons. The Morgan fingerprint density at radius 3 is 2.47 bits per heavy atom. The highest BCUT2D eigenvalue weighted by Crippen LogP contribution is 2.53. The van der Waals surface area contributed by atoms with Crippen molar-refractivity contribution >= 4 is 94.0 Å². The van der Waals surface area contributed by atoms with Gasteiger partial charge in [0.25, 0.3) is 20.2 Å². The van der Waals surface area contributed by atoms with E-state index in [1.807, 2.05) is 0 Å². The summed E-state index contributed by atoms with van der Waals surface area (Å²) in [5.41, 5.74) is 1.18. The lowest BCUT2D eigenvalue weighted by Crippen LogP contribution is -2.34. The molecule has 2 N–H and O–H groups in total. The van der Waals surface area contributed by atoms with Crippen LogP contribution in [0.2, 0.25) is 5.02 Å². The molecule has 0 bridgehead atoms. The number of thioether (sulfide) groups is 2. The Hall–Kier alpha value is -0.450. The number of hydrogen-bond donors (Lipinski definition) is 2. The normalized spacial score (nSPS) is 20.1. The molecule has 2 aromatic rings. The molecule has 15 heteroatoms. The van der Waals surface area contributed by atoms with Crippen LogP contribution in [0.5, 0.6) is 0 Å². The molecule has 3 heterocycles. The lowest BCUT2D eigenvalue weighted by Gasteiger charge is -2.25. The van der Waals surface area contributed by atoms with E-state index < -0.39 is 37.4 Å². The number of rotatable bonds is 5. The molecule has 0 aliphatic carbocycles. The molecule has 2 aliphatic heterocycles. The van der Waals surface area contributed by atoms with Crippen LogP contribution in [-0.4, -0.2) is 43.1 Å².